The van der Waals surface area contributed by atoms with Gasteiger partial charge >= 0.3 is 0 Å². The number of phosphoric acid groups is 1. The molecule has 98 valence electrons. The number of phosphoric ester groups is 1. The molecule has 0 aromatic heterocycles. The maximum atomic E-state index is 10.9. The molecule has 0 heterocycles. The van der Waals surface area contributed by atoms with E-state index in [1.807, 2.05) is 0 Å². The quantitative estimate of drug-likeness (QED) is 0.407. The van der Waals surface area contributed by atoms with Gasteiger partial charge in [0.15, 0.2) is 0 Å². The molecule has 1 unspecified atom stereocenters. The fraction of sp³-hybridized carbons (Fsp3) is 1.00. The van der Waals surface area contributed by atoms with Gasteiger partial charge in [-0.05, 0) is 0 Å². The molecule has 16 heavy (non-hydrogen) atoms. The van der Waals surface area contributed by atoms with E-state index in [4.69, 9.17) is 10.2 Å². The summed E-state index contributed by atoms with van der Waals surface area (Å²) in [5.41, 5.74) is 0. The minimum atomic E-state index is -4.19. The van der Waals surface area contributed by atoms with E-state index in [2.05, 4.69) is 9.05 Å². The average molecular weight is 257 g/mol. The standard InChI is InChI=1S/C8H20NO6P/c1-9(2,8(6-10)7-11)4-5-15-16(12,13)14-3/h8,10-11H,4-7H2,1-3H3. The molecule has 0 saturated carbocycles. The van der Waals surface area contributed by atoms with Crippen LogP contribution in [0.3, 0.4) is 0 Å². The first-order valence-corrected chi connectivity index (χ1v) is 6.31. The summed E-state index contributed by atoms with van der Waals surface area (Å²) in [5, 5.41) is 18.0. The Morgan fingerprint density at radius 3 is 2.25 bits per heavy atom. The van der Waals surface area contributed by atoms with E-state index in [9.17, 15) is 9.46 Å². The average Bonchev–Trinajstić information content (AvgIpc) is 2.18. The molecule has 0 fully saturated rings. The summed E-state index contributed by atoms with van der Waals surface area (Å²) in [6.45, 7) is -0.0783. The molecule has 2 N–H and O–H groups in total. The van der Waals surface area contributed by atoms with Crippen LogP contribution in [0.1, 0.15) is 0 Å². The molecule has 0 radical (unpaired) electrons. The number of hydrogen-bond donors (Lipinski definition) is 2. The molecule has 0 bridgehead atoms. The van der Waals surface area contributed by atoms with Crippen molar-refractivity contribution in [1.29, 1.82) is 0 Å². The van der Waals surface area contributed by atoms with Gasteiger partial charge in [-0.1, -0.05) is 0 Å². The number of nitrogens with zero attached hydrogens (tertiary/aromatic N) is 1. The van der Waals surface area contributed by atoms with Crippen molar-refractivity contribution in [3.05, 3.63) is 0 Å². The Hall–Kier alpha value is -0.0100. The van der Waals surface area contributed by atoms with Gasteiger partial charge in [0.2, 0.25) is 0 Å². The molecule has 0 saturated heterocycles. The summed E-state index contributed by atoms with van der Waals surface area (Å²) in [6.07, 6.45) is 0. The van der Waals surface area contributed by atoms with Crippen LogP contribution in [0.5, 0.6) is 0 Å². The zero-order chi connectivity index (χ0) is 12.8. The third kappa shape index (κ3) is 5.36. The van der Waals surface area contributed by atoms with Crippen LogP contribution in [0.2, 0.25) is 0 Å². The Morgan fingerprint density at radius 1 is 1.38 bits per heavy atom. The van der Waals surface area contributed by atoms with Crippen LogP contribution < -0.4 is 4.89 Å². The lowest BCUT2D eigenvalue weighted by Gasteiger charge is -2.36. The maximum Gasteiger partial charge on any atom is 0.267 e. The Bertz CT molecular complexity index is 243. The van der Waals surface area contributed by atoms with Crippen LogP contribution >= 0.6 is 7.82 Å². The summed E-state index contributed by atoms with van der Waals surface area (Å²) in [4.78, 5) is 10.9. The lowest BCUT2D eigenvalue weighted by Crippen LogP contribution is -2.54. The van der Waals surface area contributed by atoms with Gasteiger partial charge in [0, 0.05) is 7.11 Å². The number of aliphatic hydroxyl groups is 2. The monoisotopic (exact) mass is 257 g/mol. The topological polar surface area (TPSA) is 99.1 Å². The molecular formula is C8H20NO6P. The summed E-state index contributed by atoms with van der Waals surface area (Å²) in [7, 11) is 0.368. The number of aliphatic hydroxyl groups excluding tert-OH is 2. The van der Waals surface area contributed by atoms with Crippen molar-refractivity contribution in [3.63, 3.8) is 0 Å². The highest BCUT2D eigenvalue weighted by molar-refractivity contribution is 7.45. The van der Waals surface area contributed by atoms with E-state index in [0.29, 0.717) is 6.54 Å². The fourth-order valence-electron chi connectivity index (χ4n) is 1.12. The van der Waals surface area contributed by atoms with E-state index in [1.54, 1.807) is 14.1 Å². The highest BCUT2D eigenvalue weighted by Gasteiger charge is 2.27. The van der Waals surface area contributed by atoms with Crippen LogP contribution in [0.15, 0.2) is 0 Å². The van der Waals surface area contributed by atoms with Crippen molar-refractivity contribution in [2.75, 3.05) is 47.6 Å². The Morgan fingerprint density at radius 2 is 1.88 bits per heavy atom. The Balaban J connectivity index is 4.13. The summed E-state index contributed by atoms with van der Waals surface area (Å²) in [5.74, 6) is 0. The molecule has 0 spiro atoms. The van der Waals surface area contributed by atoms with Crippen LogP contribution in [0.25, 0.3) is 0 Å². The molecule has 7 nitrogen and oxygen atoms in total. The largest absolute Gasteiger partial charge is 0.756 e. The highest BCUT2D eigenvalue weighted by atomic mass is 31.2. The van der Waals surface area contributed by atoms with E-state index in [1.165, 1.54) is 0 Å². The molecule has 8 heteroatoms. The third-order valence-corrected chi connectivity index (χ3v) is 3.50. The SMILES string of the molecule is COP(=O)([O-])OCC[N+](C)(C)C(CO)CO. The van der Waals surface area contributed by atoms with Crippen molar-refractivity contribution in [1.82, 2.24) is 0 Å². The van der Waals surface area contributed by atoms with E-state index >= 15 is 0 Å². The molecule has 1 atom stereocenters. The summed E-state index contributed by atoms with van der Waals surface area (Å²) < 4.78 is 19.8. The zero-order valence-electron chi connectivity index (χ0n) is 9.83. The second kappa shape index (κ2) is 6.66. The van der Waals surface area contributed by atoms with Crippen LogP contribution in [0, 0.1) is 0 Å². The smallest absolute Gasteiger partial charge is 0.267 e. The van der Waals surface area contributed by atoms with Gasteiger partial charge in [-0.25, -0.2) is 0 Å². The molecule has 0 aliphatic heterocycles. The Labute approximate surface area is 95.4 Å². The molecule has 0 aromatic rings. The highest BCUT2D eigenvalue weighted by Crippen LogP contribution is 2.36. The van der Waals surface area contributed by atoms with Crippen LogP contribution in [-0.2, 0) is 13.6 Å². The number of rotatable bonds is 8. The molecule has 0 rings (SSSR count). The zero-order valence-corrected chi connectivity index (χ0v) is 10.7. The van der Waals surface area contributed by atoms with E-state index in [0.717, 1.165) is 7.11 Å². The van der Waals surface area contributed by atoms with Gasteiger partial charge < -0.3 is 28.6 Å². The molecule has 0 aliphatic rings. The second-order valence-electron chi connectivity index (χ2n) is 3.98. The van der Waals surface area contributed by atoms with Crippen molar-refractivity contribution in [2.24, 2.45) is 0 Å². The molecular weight excluding hydrogens is 237 g/mol. The van der Waals surface area contributed by atoms with E-state index in [-0.39, 0.29) is 30.3 Å². The minimum absolute atomic E-state index is 0.0574. The molecule has 0 amide bonds. The predicted octanol–water partition coefficient (Wildman–Crippen LogP) is -1.45. The normalized spacial score (nSPS) is 16.4. The molecule has 0 aliphatic carbocycles. The lowest BCUT2D eigenvalue weighted by atomic mass is 10.2. The first kappa shape index (κ1) is 16.0. The maximum absolute atomic E-state index is 10.9. The predicted molar refractivity (Wildman–Crippen MR) is 55.5 cm³/mol. The second-order valence-corrected chi connectivity index (χ2v) is 5.50. The van der Waals surface area contributed by atoms with Crippen LogP contribution in [0.4, 0.5) is 0 Å². The van der Waals surface area contributed by atoms with E-state index < -0.39 is 7.82 Å². The van der Waals surface area contributed by atoms with Gasteiger partial charge in [-0.2, -0.15) is 0 Å². The summed E-state index contributed by atoms with van der Waals surface area (Å²) in [6, 6.07) is -0.364. The first-order valence-electron chi connectivity index (χ1n) is 4.85. The lowest BCUT2D eigenvalue weighted by molar-refractivity contribution is -0.916. The van der Waals surface area contributed by atoms with Gasteiger partial charge in [0.1, 0.15) is 19.2 Å². The van der Waals surface area contributed by atoms with Gasteiger partial charge in [-0.15, -0.1) is 0 Å². The fourth-order valence-corrected chi connectivity index (χ4v) is 1.53. The Kier molecular flexibility index (Phi) is 6.65. The first-order chi connectivity index (χ1) is 7.29. The van der Waals surface area contributed by atoms with Crippen LogP contribution in [-0.4, -0.2) is 68.3 Å². The third-order valence-electron chi connectivity index (χ3n) is 2.55. The van der Waals surface area contributed by atoms with Gasteiger partial charge in [0.05, 0.1) is 27.3 Å². The van der Waals surface area contributed by atoms with Gasteiger partial charge in [-0.3, -0.25) is 4.57 Å². The number of quaternary nitrogens is 1. The number of likely N-dealkylation sites (N-methyl/N-ethyl adjacent to an activating group) is 1. The minimum Gasteiger partial charge on any atom is -0.756 e. The van der Waals surface area contributed by atoms with Crippen molar-refractivity contribution in [2.45, 2.75) is 6.04 Å². The van der Waals surface area contributed by atoms with Crippen molar-refractivity contribution in [3.8, 4) is 0 Å². The molecule has 0 aromatic carbocycles. The van der Waals surface area contributed by atoms with Gasteiger partial charge in [0.25, 0.3) is 7.82 Å². The summed E-state index contributed by atoms with van der Waals surface area (Å²) >= 11 is 0. The number of hydrogen-bond acceptors (Lipinski definition) is 6. The van der Waals surface area contributed by atoms with Crippen molar-refractivity contribution >= 4 is 7.82 Å². The van der Waals surface area contributed by atoms with Crippen molar-refractivity contribution < 1.29 is 33.2 Å².